The van der Waals surface area contributed by atoms with Gasteiger partial charge in [-0.1, -0.05) is 0 Å². The van der Waals surface area contributed by atoms with Crippen molar-refractivity contribution in [3.8, 4) is 5.88 Å². The van der Waals surface area contributed by atoms with E-state index >= 15 is 0 Å². The Morgan fingerprint density at radius 2 is 2.04 bits per heavy atom. The number of piperidine rings is 1. The van der Waals surface area contributed by atoms with Gasteiger partial charge in [0.1, 0.15) is 5.56 Å². The van der Waals surface area contributed by atoms with Crippen LogP contribution in [0.2, 0.25) is 0 Å². The molecule has 3 aromatic heterocycles. The third-order valence-corrected chi connectivity index (χ3v) is 5.46. The first kappa shape index (κ1) is 16.2. The van der Waals surface area contributed by atoms with Crippen molar-refractivity contribution in [1.82, 2.24) is 24.6 Å². The van der Waals surface area contributed by atoms with Crippen molar-refractivity contribution < 1.29 is 9.53 Å². The van der Waals surface area contributed by atoms with Crippen LogP contribution in [0.15, 0.2) is 36.7 Å². The maximum Gasteiger partial charge on any atom is 0.260 e. The fourth-order valence-corrected chi connectivity index (χ4v) is 3.96. The van der Waals surface area contributed by atoms with Crippen molar-refractivity contribution in [2.24, 2.45) is 0 Å². The second-order valence-electron chi connectivity index (χ2n) is 7.14. The zero-order valence-electron chi connectivity index (χ0n) is 15.0. The third-order valence-electron chi connectivity index (χ3n) is 5.46. The SMILES string of the molecule is O=C(c1cnn2c1OCCC2)N1CCC(c2ccc3cccnc3n2)CC1. The molecule has 1 saturated heterocycles. The second-order valence-corrected chi connectivity index (χ2v) is 7.14. The Kier molecular flexibility index (Phi) is 3.99. The summed E-state index contributed by atoms with van der Waals surface area (Å²) >= 11 is 0. The van der Waals surface area contributed by atoms with Gasteiger partial charge in [-0.05, 0) is 37.1 Å². The number of hydrogen-bond acceptors (Lipinski definition) is 5. The van der Waals surface area contributed by atoms with Crippen LogP contribution in [0.4, 0.5) is 0 Å². The number of likely N-dealkylation sites (tertiary alicyclic amines) is 1. The lowest BCUT2D eigenvalue weighted by Gasteiger charge is -2.31. The first-order chi connectivity index (χ1) is 13.3. The number of hydrogen-bond donors (Lipinski definition) is 0. The normalized spacial score (nSPS) is 17.6. The summed E-state index contributed by atoms with van der Waals surface area (Å²) in [5, 5.41) is 5.35. The molecule has 0 radical (unpaired) electrons. The van der Waals surface area contributed by atoms with E-state index in [9.17, 15) is 4.79 Å². The standard InChI is InChI=1S/C20H21N5O2/c26-19(16-13-22-25-9-2-12-27-20(16)25)24-10-6-14(7-11-24)17-5-4-15-3-1-8-21-18(15)23-17/h1,3-5,8,13-14H,2,6-7,9-12H2. The Balaban J connectivity index is 1.29. The van der Waals surface area contributed by atoms with Gasteiger partial charge in [0.25, 0.3) is 5.91 Å². The summed E-state index contributed by atoms with van der Waals surface area (Å²) in [4.78, 5) is 23.9. The van der Waals surface area contributed by atoms with Crippen LogP contribution in [0.5, 0.6) is 5.88 Å². The van der Waals surface area contributed by atoms with E-state index < -0.39 is 0 Å². The zero-order valence-corrected chi connectivity index (χ0v) is 15.0. The van der Waals surface area contributed by atoms with Gasteiger partial charge in [0.05, 0.1) is 12.8 Å². The molecule has 7 nitrogen and oxygen atoms in total. The number of pyridine rings is 2. The minimum absolute atomic E-state index is 0.0183. The fraction of sp³-hybridized carbons (Fsp3) is 0.400. The first-order valence-corrected chi connectivity index (χ1v) is 9.49. The Labute approximate surface area is 157 Å². The highest BCUT2D eigenvalue weighted by Gasteiger charge is 2.29. The van der Waals surface area contributed by atoms with Crippen molar-refractivity contribution in [3.05, 3.63) is 47.9 Å². The van der Waals surface area contributed by atoms with E-state index in [2.05, 4.69) is 22.2 Å². The maximum absolute atomic E-state index is 12.9. The quantitative estimate of drug-likeness (QED) is 0.700. The number of rotatable bonds is 2. The maximum atomic E-state index is 12.9. The van der Waals surface area contributed by atoms with Crippen LogP contribution in [-0.4, -0.2) is 50.3 Å². The zero-order chi connectivity index (χ0) is 18.2. The van der Waals surface area contributed by atoms with Crippen LogP contribution < -0.4 is 4.74 Å². The van der Waals surface area contributed by atoms with E-state index in [1.54, 1.807) is 17.1 Å². The van der Waals surface area contributed by atoms with Gasteiger partial charge >= 0.3 is 0 Å². The number of amides is 1. The molecule has 2 aliphatic heterocycles. The third kappa shape index (κ3) is 2.93. The number of nitrogens with zero attached hydrogens (tertiary/aromatic N) is 5. The van der Waals surface area contributed by atoms with Crippen molar-refractivity contribution >= 4 is 16.9 Å². The van der Waals surface area contributed by atoms with Gasteiger partial charge in [0, 0.05) is 49.2 Å². The molecule has 0 N–H and O–H groups in total. The predicted octanol–water partition coefficient (Wildman–Crippen LogP) is 2.63. The van der Waals surface area contributed by atoms with Gasteiger partial charge in [0.15, 0.2) is 5.65 Å². The van der Waals surface area contributed by atoms with Crippen LogP contribution in [0.3, 0.4) is 0 Å². The highest BCUT2D eigenvalue weighted by Crippen LogP contribution is 2.30. The minimum Gasteiger partial charge on any atom is -0.477 e. The molecule has 2 aliphatic rings. The Morgan fingerprint density at radius 1 is 1.15 bits per heavy atom. The predicted molar refractivity (Wildman–Crippen MR) is 99.8 cm³/mol. The molecule has 0 aromatic carbocycles. The highest BCUT2D eigenvalue weighted by molar-refractivity contribution is 5.96. The van der Waals surface area contributed by atoms with Crippen LogP contribution in [0, 0.1) is 0 Å². The molecule has 1 fully saturated rings. The second kappa shape index (κ2) is 6.64. The smallest absolute Gasteiger partial charge is 0.260 e. The molecule has 1 amide bonds. The van der Waals surface area contributed by atoms with Crippen molar-refractivity contribution in [2.45, 2.75) is 31.7 Å². The number of carbonyl (C=O) groups is 1. The van der Waals surface area contributed by atoms with E-state index in [4.69, 9.17) is 9.72 Å². The first-order valence-electron chi connectivity index (χ1n) is 9.49. The van der Waals surface area contributed by atoms with Crippen LogP contribution >= 0.6 is 0 Å². The van der Waals surface area contributed by atoms with Gasteiger partial charge in [-0.3, -0.25) is 4.79 Å². The molecule has 0 saturated carbocycles. The van der Waals surface area contributed by atoms with Crippen LogP contribution in [0.1, 0.15) is 41.2 Å². The van der Waals surface area contributed by atoms with Gasteiger partial charge < -0.3 is 9.64 Å². The minimum atomic E-state index is 0.0183. The van der Waals surface area contributed by atoms with E-state index in [-0.39, 0.29) is 5.91 Å². The van der Waals surface area contributed by atoms with Gasteiger partial charge in [-0.25, -0.2) is 14.6 Å². The van der Waals surface area contributed by atoms with Crippen molar-refractivity contribution in [3.63, 3.8) is 0 Å². The van der Waals surface area contributed by atoms with Gasteiger partial charge in [0.2, 0.25) is 5.88 Å². The van der Waals surface area contributed by atoms with E-state index in [0.717, 1.165) is 55.6 Å². The summed E-state index contributed by atoms with van der Waals surface area (Å²) in [6, 6.07) is 8.12. The molecular formula is C20H21N5O2. The number of carbonyl (C=O) groups excluding carboxylic acids is 1. The Morgan fingerprint density at radius 3 is 2.93 bits per heavy atom. The molecule has 3 aromatic rings. The lowest BCUT2D eigenvalue weighted by Crippen LogP contribution is -2.38. The molecule has 0 atom stereocenters. The number of aromatic nitrogens is 4. The molecule has 0 unspecified atom stereocenters. The lowest BCUT2D eigenvalue weighted by atomic mass is 9.92. The number of aryl methyl sites for hydroxylation is 1. The molecule has 0 bridgehead atoms. The Bertz CT molecular complexity index is 991. The molecule has 5 heterocycles. The lowest BCUT2D eigenvalue weighted by molar-refractivity contribution is 0.0705. The largest absolute Gasteiger partial charge is 0.477 e. The molecule has 5 rings (SSSR count). The average molecular weight is 363 g/mol. The van der Waals surface area contributed by atoms with Gasteiger partial charge in [-0.2, -0.15) is 5.10 Å². The van der Waals surface area contributed by atoms with Gasteiger partial charge in [-0.15, -0.1) is 0 Å². The molecule has 0 aliphatic carbocycles. The molecule has 138 valence electrons. The monoisotopic (exact) mass is 363 g/mol. The molecule has 7 heteroatoms. The van der Waals surface area contributed by atoms with E-state index in [0.29, 0.717) is 24.0 Å². The summed E-state index contributed by atoms with van der Waals surface area (Å²) < 4.78 is 7.46. The topological polar surface area (TPSA) is 73.1 Å². The molecule has 27 heavy (non-hydrogen) atoms. The molecular weight excluding hydrogens is 342 g/mol. The molecule has 0 spiro atoms. The number of fused-ring (bicyclic) bond motifs is 2. The van der Waals surface area contributed by atoms with Crippen LogP contribution in [0.25, 0.3) is 11.0 Å². The summed E-state index contributed by atoms with van der Waals surface area (Å²) in [5.41, 5.74) is 2.44. The van der Waals surface area contributed by atoms with Crippen molar-refractivity contribution in [1.29, 1.82) is 0 Å². The van der Waals surface area contributed by atoms with E-state index in [1.165, 1.54) is 0 Å². The summed E-state index contributed by atoms with van der Waals surface area (Å²) in [6.45, 7) is 2.90. The Hall–Kier alpha value is -2.96. The summed E-state index contributed by atoms with van der Waals surface area (Å²) in [5.74, 6) is 0.998. The fourth-order valence-electron chi connectivity index (χ4n) is 3.96. The van der Waals surface area contributed by atoms with Crippen LogP contribution in [-0.2, 0) is 6.54 Å². The van der Waals surface area contributed by atoms with E-state index in [1.807, 2.05) is 17.0 Å². The van der Waals surface area contributed by atoms with Crippen molar-refractivity contribution in [2.75, 3.05) is 19.7 Å². The summed E-state index contributed by atoms with van der Waals surface area (Å²) in [6.07, 6.45) is 6.16. The average Bonchev–Trinajstić information content (AvgIpc) is 3.17. The number of ether oxygens (including phenoxy) is 1. The summed E-state index contributed by atoms with van der Waals surface area (Å²) in [7, 11) is 0. The highest BCUT2D eigenvalue weighted by atomic mass is 16.5.